The Balaban J connectivity index is 2.90. The van der Waals surface area contributed by atoms with E-state index in [1.807, 2.05) is 0 Å². The van der Waals surface area contributed by atoms with Crippen molar-refractivity contribution in [3.8, 4) is 0 Å². The van der Waals surface area contributed by atoms with Crippen LogP contribution in [0.4, 0.5) is 17.6 Å². The zero-order valence-corrected chi connectivity index (χ0v) is 10.1. The predicted octanol–water partition coefficient (Wildman–Crippen LogP) is 2.73. The number of halogens is 4. The van der Waals surface area contributed by atoms with Gasteiger partial charge in [0.2, 0.25) is 0 Å². The van der Waals surface area contributed by atoms with Gasteiger partial charge in [-0.05, 0) is 25.1 Å². The molecule has 0 fully saturated rings. The van der Waals surface area contributed by atoms with Gasteiger partial charge in [-0.3, -0.25) is 0 Å². The molecule has 0 unspecified atom stereocenters. The minimum absolute atomic E-state index is 0.189. The van der Waals surface area contributed by atoms with Crippen molar-refractivity contribution in [3.63, 3.8) is 0 Å². The number of hydrogen-bond donors (Lipinski definition) is 1. The molecule has 7 heteroatoms. The second kappa shape index (κ2) is 5.56. The zero-order valence-electron chi connectivity index (χ0n) is 10.1. The van der Waals surface area contributed by atoms with Crippen molar-refractivity contribution >= 4 is 5.97 Å². The van der Waals surface area contributed by atoms with Crippen LogP contribution in [-0.4, -0.2) is 24.5 Å². The number of carbonyl (C=O) groups excluding carboxylic acids is 1. The van der Waals surface area contributed by atoms with Gasteiger partial charge >= 0.3 is 18.0 Å². The standard InChI is InChI=1S/C12H13F4NO2/c1-8-4-2-3-5-9(8)10(18)19-12(15,16)11(13,14)6-7-17/h2-5H,6-7,17H2,1H3. The van der Waals surface area contributed by atoms with Gasteiger partial charge in [0.1, 0.15) is 0 Å². The molecule has 0 bridgehead atoms. The van der Waals surface area contributed by atoms with Crippen LogP contribution < -0.4 is 5.73 Å². The first-order chi connectivity index (χ1) is 8.71. The van der Waals surface area contributed by atoms with Gasteiger partial charge < -0.3 is 10.5 Å². The van der Waals surface area contributed by atoms with E-state index in [9.17, 15) is 22.4 Å². The molecule has 0 aromatic heterocycles. The first-order valence-electron chi connectivity index (χ1n) is 5.46. The highest BCUT2D eigenvalue weighted by Crippen LogP contribution is 2.38. The monoisotopic (exact) mass is 279 g/mol. The Kier molecular flexibility index (Phi) is 4.52. The lowest BCUT2D eigenvalue weighted by molar-refractivity contribution is -0.322. The fourth-order valence-corrected chi connectivity index (χ4v) is 1.37. The molecular formula is C12H13F4NO2. The first kappa shape index (κ1) is 15.4. The van der Waals surface area contributed by atoms with Crippen LogP contribution in [0.15, 0.2) is 24.3 Å². The molecule has 0 saturated carbocycles. The average Bonchev–Trinajstić information content (AvgIpc) is 2.28. The fourth-order valence-electron chi connectivity index (χ4n) is 1.37. The Bertz CT molecular complexity index is 463. The Morgan fingerprint density at radius 1 is 1.26 bits per heavy atom. The van der Waals surface area contributed by atoms with Crippen molar-refractivity contribution in [2.75, 3.05) is 6.54 Å². The molecule has 3 nitrogen and oxygen atoms in total. The summed E-state index contributed by atoms with van der Waals surface area (Å²) in [7, 11) is 0. The quantitative estimate of drug-likeness (QED) is 0.666. The van der Waals surface area contributed by atoms with Crippen LogP contribution >= 0.6 is 0 Å². The van der Waals surface area contributed by atoms with Gasteiger partial charge in [-0.25, -0.2) is 4.79 Å². The second-order valence-electron chi connectivity index (χ2n) is 3.96. The summed E-state index contributed by atoms with van der Waals surface area (Å²) in [6.45, 7) is 0.831. The van der Waals surface area contributed by atoms with Gasteiger partial charge in [-0.1, -0.05) is 18.2 Å². The van der Waals surface area contributed by atoms with Crippen molar-refractivity contribution < 1.29 is 27.1 Å². The van der Waals surface area contributed by atoms with Gasteiger partial charge in [0, 0.05) is 6.42 Å². The molecule has 2 N–H and O–H groups in total. The number of aryl methyl sites for hydroxylation is 1. The molecule has 1 aromatic rings. The molecule has 19 heavy (non-hydrogen) atoms. The molecule has 0 spiro atoms. The summed E-state index contributed by atoms with van der Waals surface area (Å²) in [5.41, 5.74) is 4.99. The molecule has 0 saturated heterocycles. The summed E-state index contributed by atoms with van der Waals surface area (Å²) in [5, 5.41) is 0. The van der Waals surface area contributed by atoms with E-state index in [0.29, 0.717) is 5.56 Å². The maximum atomic E-state index is 13.2. The number of rotatable bonds is 5. The Labute approximate surface area is 107 Å². The molecule has 0 radical (unpaired) electrons. The number of ether oxygens (including phenoxy) is 1. The lowest BCUT2D eigenvalue weighted by Gasteiger charge is -2.25. The van der Waals surface area contributed by atoms with Crippen LogP contribution in [-0.2, 0) is 4.74 Å². The maximum absolute atomic E-state index is 13.2. The Morgan fingerprint density at radius 2 is 1.84 bits per heavy atom. The normalized spacial score (nSPS) is 12.3. The third kappa shape index (κ3) is 3.44. The maximum Gasteiger partial charge on any atom is 0.466 e. The molecule has 1 rings (SSSR count). The molecule has 0 heterocycles. The molecular weight excluding hydrogens is 266 g/mol. The van der Waals surface area contributed by atoms with Crippen LogP contribution in [0.3, 0.4) is 0 Å². The number of nitrogens with two attached hydrogens (primary N) is 1. The summed E-state index contributed by atoms with van der Waals surface area (Å²) in [5.74, 6) is -6.00. The number of esters is 1. The second-order valence-corrected chi connectivity index (χ2v) is 3.96. The smallest absolute Gasteiger partial charge is 0.392 e. The van der Waals surface area contributed by atoms with Gasteiger partial charge in [0.25, 0.3) is 0 Å². The molecule has 0 aliphatic rings. The third-order valence-corrected chi connectivity index (χ3v) is 2.47. The molecule has 0 atom stereocenters. The SMILES string of the molecule is Cc1ccccc1C(=O)OC(F)(F)C(F)(F)CCN. The van der Waals surface area contributed by atoms with Crippen molar-refractivity contribution in [2.24, 2.45) is 5.73 Å². The molecule has 0 aliphatic heterocycles. The van der Waals surface area contributed by atoms with E-state index in [-0.39, 0.29) is 5.56 Å². The van der Waals surface area contributed by atoms with Crippen LogP contribution in [0.2, 0.25) is 0 Å². The highest BCUT2D eigenvalue weighted by atomic mass is 19.3. The Morgan fingerprint density at radius 3 is 2.37 bits per heavy atom. The van der Waals surface area contributed by atoms with Crippen LogP contribution in [0.5, 0.6) is 0 Å². The topological polar surface area (TPSA) is 52.3 Å². The highest BCUT2D eigenvalue weighted by molar-refractivity contribution is 5.91. The molecule has 1 aromatic carbocycles. The fraction of sp³-hybridized carbons (Fsp3) is 0.417. The largest absolute Gasteiger partial charge is 0.466 e. The van der Waals surface area contributed by atoms with Crippen molar-refractivity contribution in [2.45, 2.75) is 25.4 Å². The van der Waals surface area contributed by atoms with Crippen molar-refractivity contribution in [1.82, 2.24) is 0 Å². The van der Waals surface area contributed by atoms with Gasteiger partial charge in [-0.2, -0.15) is 17.6 Å². The Hall–Kier alpha value is -1.63. The zero-order chi connectivity index (χ0) is 14.7. The van der Waals surface area contributed by atoms with Gasteiger partial charge in [0.15, 0.2) is 0 Å². The van der Waals surface area contributed by atoms with Crippen molar-refractivity contribution in [1.29, 1.82) is 0 Å². The van der Waals surface area contributed by atoms with Gasteiger partial charge in [0.05, 0.1) is 5.56 Å². The summed E-state index contributed by atoms with van der Waals surface area (Å²) < 4.78 is 56.2. The minimum Gasteiger partial charge on any atom is -0.392 e. The summed E-state index contributed by atoms with van der Waals surface area (Å²) in [6, 6.07) is 5.69. The molecule has 0 aliphatic carbocycles. The average molecular weight is 279 g/mol. The number of benzene rings is 1. The van der Waals surface area contributed by atoms with E-state index < -0.39 is 31.0 Å². The van der Waals surface area contributed by atoms with Crippen LogP contribution in [0.25, 0.3) is 0 Å². The van der Waals surface area contributed by atoms with E-state index in [1.54, 1.807) is 6.07 Å². The van der Waals surface area contributed by atoms with Gasteiger partial charge in [-0.15, -0.1) is 0 Å². The van der Waals surface area contributed by atoms with E-state index in [0.717, 1.165) is 0 Å². The molecule has 106 valence electrons. The van der Waals surface area contributed by atoms with E-state index in [1.165, 1.54) is 25.1 Å². The minimum atomic E-state index is -4.90. The summed E-state index contributed by atoms with van der Waals surface area (Å²) in [4.78, 5) is 11.5. The summed E-state index contributed by atoms with van der Waals surface area (Å²) in [6.07, 6.45) is -6.17. The number of hydrogen-bond acceptors (Lipinski definition) is 3. The van der Waals surface area contributed by atoms with E-state index >= 15 is 0 Å². The van der Waals surface area contributed by atoms with E-state index in [2.05, 4.69) is 4.74 Å². The van der Waals surface area contributed by atoms with Crippen LogP contribution in [0.1, 0.15) is 22.3 Å². The number of carbonyl (C=O) groups is 1. The third-order valence-electron chi connectivity index (χ3n) is 2.47. The molecule has 0 amide bonds. The van der Waals surface area contributed by atoms with Crippen LogP contribution in [0, 0.1) is 6.92 Å². The predicted molar refractivity (Wildman–Crippen MR) is 60.2 cm³/mol. The highest BCUT2D eigenvalue weighted by Gasteiger charge is 2.59. The first-order valence-corrected chi connectivity index (χ1v) is 5.46. The van der Waals surface area contributed by atoms with Crippen molar-refractivity contribution in [3.05, 3.63) is 35.4 Å². The lowest BCUT2D eigenvalue weighted by atomic mass is 10.1. The lowest BCUT2D eigenvalue weighted by Crippen LogP contribution is -2.45. The summed E-state index contributed by atoms with van der Waals surface area (Å²) >= 11 is 0. The number of alkyl halides is 4. The van der Waals surface area contributed by atoms with E-state index in [4.69, 9.17) is 5.73 Å².